The molecule has 4 rings (SSSR count). The number of ether oxygens (including phenoxy) is 1. The zero-order valence-electron chi connectivity index (χ0n) is 9.72. The number of halogens is 3. The van der Waals surface area contributed by atoms with Crippen LogP contribution in [0.3, 0.4) is 0 Å². The lowest BCUT2D eigenvalue weighted by Crippen LogP contribution is -2.82. The number of hydrogen-bond acceptors (Lipinski definition) is 3. The van der Waals surface area contributed by atoms with E-state index in [0.29, 0.717) is 6.42 Å². The quantitative estimate of drug-likeness (QED) is 0.793. The van der Waals surface area contributed by atoms with Crippen molar-refractivity contribution in [3.63, 3.8) is 0 Å². The second kappa shape index (κ2) is 3.39. The van der Waals surface area contributed by atoms with Crippen molar-refractivity contribution in [2.24, 2.45) is 17.6 Å². The van der Waals surface area contributed by atoms with Crippen LogP contribution < -0.4 is 11.1 Å². The van der Waals surface area contributed by atoms with Gasteiger partial charge in [-0.2, -0.15) is 0 Å². The van der Waals surface area contributed by atoms with Crippen LogP contribution in [0, 0.1) is 11.8 Å². The van der Waals surface area contributed by atoms with Gasteiger partial charge in [0.05, 0.1) is 6.61 Å². The predicted octanol–water partition coefficient (Wildman–Crippen LogP) is 0.909. The standard InChI is InChI=1S/C11H15F3N2O2/c12-11(13,14)18-2-6-1-7(6)8(17)16-10-3-9(15,4-10)5-10/h6-7H,1-5,15H2,(H,16,17). The fourth-order valence-electron chi connectivity index (χ4n) is 3.31. The van der Waals surface area contributed by atoms with E-state index in [1.54, 1.807) is 0 Å². The van der Waals surface area contributed by atoms with Crippen LogP contribution in [0.1, 0.15) is 25.7 Å². The van der Waals surface area contributed by atoms with Gasteiger partial charge in [-0.15, -0.1) is 13.2 Å². The molecule has 0 saturated heterocycles. The van der Waals surface area contributed by atoms with Gasteiger partial charge in [0.25, 0.3) is 0 Å². The highest BCUT2D eigenvalue weighted by Crippen LogP contribution is 2.59. The zero-order chi connectivity index (χ0) is 13.2. The third kappa shape index (κ3) is 2.09. The normalized spacial score (nSPS) is 44.9. The molecule has 0 aromatic heterocycles. The number of amides is 1. The number of nitrogens with one attached hydrogen (secondary N) is 1. The summed E-state index contributed by atoms with van der Waals surface area (Å²) in [7, 11) is 0. The molecule has 7 heteroatoms. The lowest BCUT2D eigenvalue weighted by molar-refractivity contribution is -0.326. The van der Waals surface area contributed by atoms with Crippen LogP contribution in [0.2, 0.25) is 0 Å². The van der Waals surface area contributed by atoms with Crippen molar-refractivity contribution in [2.75, 3.05) is 6.61 Å². The molecular formula is C11H15F3N2O2. The molecule has 4 fully saturated rings. The fourth-order valence-corrected chi connectivity index (χ4v) is 3.31. The monoisotopic (exact) mass is 264 g/mol. The molecule has 2 atom stereocenters. The average molecular weight is 264 g/mol. The van der Waals surface area contributed by atoms with Gasteiger partial charge < -0.3 is 11.1 Å². The van der Waals surface area contributed by atoms with E-state index in [2.05, 4.69) is 10.1 Å². The Morgan fingerprint density at radius 2 is 2.00 bits per heavy atom. The Morgan fingerprint density at radius 3 is 2.50 bits per heavy atom. The lowest BCUT2D eigenvalue weighted by atomic mass is 9.44. The van der Waals surface area contributed by atoms with Gasteiger partial charge in [-0.05, 0) is 31.6 Å². The zero-order valence-corrected chi connectivity index (χ0v) is 9.72. The maximum atomic E-state index is 11.8. The summed E-state index contributed by atoms with van der Waals surface area (Å²) in [6.45, 7) is -0.421. The smallest absolute Gasteiger partial charge is 0.350 e. The molecule has 3 N–H and O–H groups in total. The molecule has 4 aliphatic rings. The number of alkyl halides is 3. The van der Waals surface area contributed by atoms with E-state index in [0.717, 1.165) is 19.3 Å². The van der Waals surface area contributed by atoms with E-state index >= 15 is 0 Å². The van der Waals surface area contributed by atoms with E-state index < -0.39 is 13.0 Å². The summed E-state index contributed by atoms with van der Waals surface area (Å²) >= 11 is 0. The van der Waals surface area contributed by atoms with Gasteiger partial charge in [-0.1, -0.05) is 0 Å². The summed E-state index contributed by atoms with van der Waals surface area (Å²) < 4.78 is 39.2. The molecule has 0 radical (unpaired) electrons. The first kappa shape index (κ1) is 12.2. The van der Waals surface area contributed by atoms with Crippen molar-refractivity contribution in [3.05, 3.63) is 0 Å². The van der Waals surface area contributed by atoms with E-state index in [4.69, 9.17) is 5.73 Å². The molecule has 4 saturated carbocycles. The first-order chi connectivity index (χ1) is 8.21. The summed E-state index contributed by atoms with van der Waals surface area (Å²) in [4.78, 5) is 11.8. The summed E-state index contributed by atoms with van der Waals surface area (Å²) in [6.07, 6.45) is -1.75. The van der Waals surface area contributed by atoms with Gasteiger partial charge in [-0.3, -0.25) is 9.53 Å². The molecule has 2 unspecified atom stereocenters. The highest BCUT2D eigenvalue weighted by molar-refractivity contribution is 5.83. The summed E-state index contributed by atoms with van der Waals surface area (Å²) in [5.74, 6) is -0.770. The maximum absolute atomic E-state index is 11.8. The average Bonchev–Trinajstić information content (AvgIpc) is 2.88. The SMILES string of the molecule is NC12CC(NC(=O)C3CC3COC(F)(F)F)(C1)C2. The highest BCUT2D eigenvalue weighted by Gasteiger charge is 2.67. The Hall–Kier alpha value is -0.820. The maximum Gasteiger partial charge on any atom is 0.522 e. The molecule has 4 aliphatic carbocycles. The first-order valence-corrected chi connectivity index (χ1v) is 6.02. The highest BCUT2D eigenvalue weighted by atomic mass is 19.4. The van der Waals surface area contributed by atoms with Gasteiger partial charge >= 0.3 is 6.36 Å². The van der Waals surface area contributed by atoms with E-state index in [-0.39, 0.29) is 28.8 Å². The van der Waals surface area contributed by atoms with Gasteiger partial charge in [0.15, 0.2) is 0 Å². The van der Waals surface area contributed by atoms with Crippen LogP contribution in [0.4, 0.5) is 13.2 Å². The summed E-state index contributed by atoms with van der Waals surface area (Å²) in [5.41, 5.74) is 5.63. The van der Waals surface area contributed by atoms with Gasteiger partial charge in [-0.25, -0.2) is 0 Å². The number of carbonyl (C=O) groups excluding carboxylic acids is 1. The summed E-state index contributed by atoms with van der Waals surface area (Å²) in [6, 6.07) is 0. The van der Waals surface area contributed by atoms with E-state index in [9.17, 15) is 18.0 Å². The molecule has 1 amide bonds. The van der Waals surface area contributed by atoms with E-state index in [1.807, 2.05) is 0 Å². The van der Waals surface area contributed by atoms with Crippen LogP contribution in [0.25, 0.3) is 0 Å². The molecule has 0 aromatic rings. The van der Waals surface area contributed by atoms with Crippen molar-refractivity contribution in [2.45, 2.75) is 43.1 Å². The Labute approximate surface area is 102 Å². The molecule has 0 heterocycles. The topological polar surface area (TPSA) is 64.3 Å². The fraction of sp³-hybridized carbons (Fsp3) is 0.909. The van der Waals surface area contributed by atoms with Gasteiger partial charge in [0.1, 0.15) is 0 Å². The lowest BCUT2D eigenvalue weighted by Gasteiger charge is -2.68. The minimum atomic E-state index is -4.61. The number of hydrogen-bond donors (Lipinski definition) is 2. The van der Waals surface area contributed by atoms with Crippen LogP contribution in [-0.4, -0.2) is 30.0 Å². The minimum absolute atomic E-state index is 0.0877. The number of rotatable bonds is 4. The van der Waals surface area contributed by atoms with Crippen molar-refractivity contribution in [3.8, 4) is 0 Å². The largest absolute Gasteiger partial charge is 0.522 e. The van der Waals surface area contributed by atoms with Gasteiger partial charge in [0, 0.05) is 17.0 Å². The Bertz CT molecular complexity index is 376. The van der Waals surface area contributed by atoms with Crippen molar-refractivity contribution in [1.82, 2.24) is 5.32 Å². The van der Waals surface area contributed by atoms with Crippen LogP contribution in [-0.2, 0) is 9.53 Å². The summed E-state index contributed by atoms with van der Waals surface area (Å²) in [5, 5.41) is 2.92. The molecule has 4 nitrogen and oxygen atoms in total. The molecule has 0 aliphatic heterocycles. The molecule has 0 aromatic carbocycles. The third-order valence-corrected chi connectivity index (χ3v) is 4.18. The predicted molar refractivity (Wildman–Crippen MR) is 55.2 cm³/mol. The Balaban J connectivity index is 1.40. The van der Waals surface area contributed by atoms with Crippen molar-refractivity contribution < 1.29 is 22.7 Å². The van der Waals surface area contributed by atoms with E-state index in [1.165, 1.54) is 0 Å². The second-order valence-electron chi connectivity index (χ2n) is 6.02. The number of carbonyl (C=O) groups is 1. The second-order valence-corrected chi connectivity index (χ2v) is 6.02. The number of nitrogens with two attached hydrogens (primary N) is 1. The van der Waals surface area contributed by atoms with Gasteiger partial charge in [0.2, 0.25) is 5.91 Å². The van der Waals surface area contributed by atoms with Crippen molar-refractivity contribution in [1.29, 1.82) is 0 Å². The molecule has 102 valence electrons. The Morgan fingerprint density at radius 1 is 1.39 bits per heavy atom. The third-order valence-electron chi connectivity index (χ3n) is 4.18. The Kier molecular flexibility index (Phi) is 2.30. The first-order valence-electron chi connectivity index (χ1n) is 6.02. The minimum Gasteiger partial charge on any atom is -0.350 e. The van der Waals surface area contributed by atoms with Crippen LogP contribution in [0.15, 0.2) is 0 Å². The molecule has 2 bridgehead atoms. The molecule has 18 heavy (non-hydrogen) atoms. The van der Waals surface area contributed by atoms with Crippen molar-refractivity contribution >= 4 is 5.91 Å². The molecule has 0 spiro atoms. The molecular weight excluding hydrogens is 249 g/mol. The van der Waals surface area contributed by atoms with Crippen LogP contribution in [0.5, 0.6) is 0 Å². The van der Waals surface area contributed by atoms with Crippen LogP contribution >= 0.6 is 0 Å².